The van der Waals surface area contributed by atoms with Crippen LogP contribution in [-0.4, -0.2) is 11.5 Å². The van der Waals surface area contributed by atoms with Gasteiger partial charge in [-0.15, -0.1) is 11.8 Å². The van der Waals surface area contributed by atoms with Crippen LogP contribution in [0.4, 0.5) is 0 Å². The zero-order valence-electron chi connectivity index (χ0n) is 13.4. The lowest BCUT2D eigenvalue weighted by Crippen LogP contribution is -2.07. The number of ketones is 1. The third-order valence-electron chi connectivity index (χ3n) is 3.80. The van der Waals surface area contributed by atoms with E-state index in [1.165, 1.54) is 16.7 Å². The number of Topliss-reactive ketones (excluding diaryl/α,β-unsaturated/α-hetero) is 1. The zero-order chi connectivity index (χ0) is 15.6. The van der Waals surface area contributed by atoms with Gasteiger partial charge in [0, 0.05) is 10.5 Å². The summed E-state index contributed by atoms with van der Waals surface area (Å²) in [6.07, 6.45) is 0. The number of carbonyl (C=O) groups excluding carboxylic acids is 1. The summed E-state index contributed by atoms with van der Waals surface area (Å²) in [5.41, 5.74) is 6.82. The predicted molar refractivity (Wildman–Crippen MR) is 91.6 cm³/mol. The van der Waals surface area contributed by atoms with E-state index in [4.69, 9.17) is 0 Å². The molecule has 0 bridgehead atoms. The summed E-state index contributed by atoms with van der Waals surface area (Å²) in [6, 6.07) is 10.5. The van der Waals surface area contributed by atoms with Crippen LogP contribution in [-0.2, 0) is 0 Å². The van der Waals surface area contributed by atoms with Gasteiger partial charge in [0.1, 0.15) is 0 Å². The first kappa shape index (κ1) is 15.8. The van der Waals surface area contributed by atoms with Crippen molar-refractivity contribution < 1.29 is 4.79 Å². The van der Waals surface area contributed by atoms with Gasteiger partial charge < -0.3 is 0 Å². The number of aryl methyl sites for hydroxylation is 5. The molecule has 0 atom stereocenters. The highest BCUT2D eigenvalue weighted by molar-refractivity contribution is 8.00. The summed E-state index contributed by atoms with van der Waals surface area (Å²) >= 11 is 1.62. The van der Waals surface area contributed by atoms with E-state index in [9.17, 15) is 4.79 Å². The Morgan fingerprint density at radius 3 is 2.05 bits per heavy atom. The van der Waals surface area contributed by atoms with Crippen molar-refractivity contribution in [1.29, 1.82) is 0 Å². The number of hydrogen-bond acceptors (Lipinski definition) is 2. The second kappa shape index (κ2) is 6.48. The molecule has 2 heteroatoms. The van der Waals surface area contributed by atoms with E-state index in [1.807, 2.05) is 13.8 Å². The molecule has 0 aromatic heterocycles. The van der Waals surface area contributed by atoms with Crippen LogP contribution < -0.4 is 0 Å². The summed E-state index contributed by atoms with van der Waals surface area (Å²) in [5, 5.41) is 0. The van der Waals surface area contributed by atoms with Crippen LogP contribution in [0, 0.1) is 34.6 Å². The first-order valence-corrected chi connectivity index (χ1v) is 8.18. The highest BCUT2D eigenvalue weighted by Gasteiger charge is 2.13. The molecule has 21 heavy (non-hydrogen) atoms. The Bertz CT molecular complexity index is 663. The minimum absolute atomic E-state index is 0.216. The SMILES string of the molecule is Cc1cc(C)c(C(=O)CSc2ccc(C)c(C)c2)c(C)c1. The van der Waals surface area contributed by atoms with Gasteiger partial charge in [-0.3, -0.25) is 4.79 Å². The van der Waals surface area contributed by atoms with Gasteiger partial charge in [-0.05, 0) is 69.0 Å². The topological polar surface area (TPSA) is 17.1 Å². The van der Waals surface area contributed by atoms with Gasteiger partial charge in [0.25, 0.3) is 0 Å². The highest BCUT2D eigenvalue weighted by atomic mass is 32.2. The smallest absolute Gasteiger partial charge is 0.173 e. The van der Waals surface area contributed by atoms with Crippen molar-refractivity contribution in [1.82, 2.24) is 0 Å². The highest BCUT2D eigenvalue weighted by Crippen LogP contribution is 2.24. The monoisotopic (exact) mass is 298 g/mol. The number of benzene rings is 2. The van der Waals surface area contributed by atoms with Crippen molar-refractivity contribution in [2.75, 3.05) is 5.75 Å². The van der Waals surface area contributed by atoms with E-state index in [0.29, 0.717) is 5.75 Å². The summed E-state index contributed by atoms with van der Waals surface area (Å²) in [6.45, 7) is 10.3. The molecule has 0 amide bonds. The molecule has 0 aliphatic carbocycles. The van der Waals surface area contributed by atoms with Gasteiger partial charge in [-0.25, -0.2) is 0 Å². The quantitative estimate of drug-likeness (QED) is 0.570. The molecule has 0 saturated carbocycles. The standard InChI is InChI=1S/C19H22OS/c1-12-8-15(4)19(16(5)9-12)18(20)11-21-17-7-6-13(2)14(3)10-17/h6-10H,11H2,1-5H3. The van der Waals surface area contributed by atoms with Gasteiger partial charge in [-0.2, -0.15) is 0 Å². The molecule has 0 spiro atoms. The van der Waals surface area contributed by atoms with E-state index in [2.05, 4.69) is 51.1 Å². The lowest BCUT2D eigenvalue weighted by Gasteiger charge is -2.10. The van der Waals surface area contributed by atoms with Crippen LogP contribution in [0.15, 0.2) is 35.2 Å². The van der Waals surface area contributed by atoms with Crippen molar-refractivity contribution in [3.63, 3.8) is 0 Å². The lowest BCUT2D eigenvalue weighted by atomic mass is 9.97. The second-order valence-electron chi connectivity index (χ2n) is 5.73. The van der Waals surface area contributed by atoms with E-state index >= 15 is 0 Å². The van der Waals surface area contributed by atoms with E-state index in [-0.39, 0.29) is 5.78 Å². The van der Waals surface area contributed by atoms with Crippen LogP contribution in [0.1, 0.15) is 38.2 Å². The number of carbonyl (C=O) groups is 1. The summed E-state index contributed by atoms with van der Waals surface area (Å²) < 4.78 is 0. The number of rotatable bonds is 4. The Labute approximate surface area is 131 Å². The fourth-order valence-electron chi connectivity index (χ4n) is 2.64. The maximum absolute atomic E-state index is 12.5. The molecule has 1 nitrogen and oxygen atoms in total. The van der Waals surface area contributed by atoms with Crippen molar-refractivity contribution in [2.45, 2.75) is 39.5 Å². The summed E-state index contributed by atoms with van der Waals surface area (Å²) in [4.78, 5) is 13.7. The molecule has 0 fully saturated rings. The Morgan fingerprint density at radius 2 is 1.48 bits per heavy atom. The van der Waals surface area contributed by atoms with Crippen molar-refractivity contribution in [3.05, 3.63) is 63.7 Å². The maximum Gasteiger partial charge on any atom is 0.173 e. The second-order valence-corrected chi connectivity index (χ2v) is 6.78. The Kier molecular flexibility index (Phi) is 4.89. The van der Waals surface area contributed by atoms with Crippen LogP contribution in [0.2, 0.25) is 0 Å². The average molecular weight is 298 g/mol. The van der Waals surface area contributed by atoms with Crippen molar-refractivity contribution >= 4 is 17.5 Å². The van der Waals surface area contributed by atoms with E-state index < -0.39 is 0 Å². The number of hydrogen-bond donors (Lipinski definition) is 0. The Balaban J connectivity index is 2.13. The molecular weight excluding hydrogens is 276 g/mol. The average Bonchev–Trinajstić information content (AvgIpc) is 2.39. The van der Waals surface area contributed by atoms with Gasteiger partial charge in [-0.1, -0.05) is 23.8 Å². The lowest BCUT2D eigenvalue weighted by molar-refractivity contribution is 0.102. The minimum atomic E-state index is 0.216. The van der Waals surface area contributed by atoms with Crippen LogP contribution in [0.25, 0.3) is 0 Å². The molecule has 0 aliphatic rings. The maximum atomic E-state index is 12.5. The third-order valence-corrected chi connectivity index (χ3v) is 4.80. The van der Waals surface area contributed by atoms with Crippen LogP contribution in [0.3, 0.4) is 0 Å². The third kappa shape index (κ3) is 3.76. The zero-order valence-corrected chi connectivity index (χ0v) is 14.2. The minimum Gasteiger partial charge on any atom is -0.293 e. The van der Waals surface area contributed by atoms with E-state index in [0.717, 1.165) is 21.6 Å². The van der Waals surface area contributed by atoms with Crippen molar-refractivity contribution in [2.24, 2.45) is 0 Å². The Hall–Kier alpha value is -1.54. The van der Waals surface area contributed by atoms with Crippen molar-refractivity contribution in [3.8, 4) is 0 Å². The van der Waals surface area contributed by atoms with Gasteiger partial charge in [0.05, 0.1) is 5.75 Å². The molecule has 2 aromatic rings. The molecule has 0 unspecified atom stereocenters. The molecule has 0 aliphatic heterocycles. The van der Waals surface area contributed by atoms with E-state index in [1.54, 1.807) is 11.8 Å². The summed E-state index contributed by atoms with van der Waals surface area (Å²) in [5.74, 6) is 0.709. The van der Waals surface area contributed by atoms with Crippen LogP contribution >= 0.6 is 11.8 Å². The predicted octanol–water partition coefficient (Wildman–Crippen LogP) is 5.20. The van der Waals surface area contributed by atoms with Crippen LogP contribution in [0.5, 0.6) is 0 Å². The normalized spacial score (nSPS) is 10.7. The molecule has 2 rings (SSSR count). The number of thioether (sulfide) groups is 1. The Morgan fingerprint density at radius 1 is 0.857 bits per heavy atom. The molecule has 0 heterocycles. The van der Waals surface area contributed by atoms with Gasteiger partial charge in [0.15, 0.2) is 5.78 Å². The summed E-state index contributed by atoms with van der Waals surface area (Å²) in [7, 11) is 0. The van der Waals surface area contributed by atoms with Gasteiger partial charge >= 0.3 is 0 Å². The molecular formula is C19H22OS. The van der Waals surface area contributed by atoms with Gasteiger partial charge in [0.2, 0.25) is 0 Å². The molecule has 2 aromatic carbocycles. The first-order chi connectivity index (χ1) is 9.88. The largest absolute Gasteiger partial charge is 0.293 e. The first-order valence-electron chi connectivity index (χ1n) is 7.19. The molecule has 0 saturated heterocycles. The molecule has 0 radical (unpaired) electrons. The molecule has 110 valence electrons. The fraction of sp³-hybridized carbons (Fsp3) is 0.316. The molecule has 0 N–H and O–H groups in total. The fourth-order valence-corrected chi connectivity index (χ4v) is 3.51.